The summed E-state index contributed by atoms with van der Waals surface area (Å²) in [5.74, 6) is -0.172. The number of rotatable bonds is 9. The van der Waals surface area contributed by atoms with Crippen molar-refractivity contribution in [3.8, 4) is 0 Å². The number of furan rings is 1. The van der Waals surface area contributed by atoms with E-state index in [1.807, 2.05) is 36.1 Å². The van der Waals surface area contributed by atoms with Gasteiger partial charge in [-0.25, -0.2) is 4.79 Å². The number of fused-ring (bicyclic) bond motifs is 1. The third-order valence-electron chi connectivity index (χ3n) is 7.94. The van der Waals surface area contributed by atoms with Crippen LogP contribution in [0.25, 0.3) is 0 Å². The molecule has 2 aromatic carbocycles. The lowest BCUT2D eigenvalue weighted by Gasteiger charge is -2.50. The first kappa shape index (κ1) is 27.6. The summed E-state index contributed by atoms with van der Waals surface area (Å²) in [6.07, 6.45) is 2.12. The second-order valence-corrected chi connectivity index (χ2v) is 10.5. The summed E-state index contributed by atoms with van der Waals surface area (Å²) >= 11 is 0. The zero-order valence-electron chi connectivity index (χ0n) is 23.0. The fraction of sp³-hybridized carbons (Fsp3) is 0.387. The van der Waals surface area contributed by atoms with Gasteiger partial charge >= 0.3 is 6.03 Å². The maximum atomic E-state index is 13.9. The van der Waals surface area contributed by atoms with Crippen molar-refractivity contribution in [1.82, 2.24) is 15.1 Å². The average Bonchev–Trinajstić information content (AvgIpc) is 3.50. The molecule has 210 valence electrons. The number of carbonyl (C=O) groups excluding carboxylic acids is 3. The van der Waals surface area contributed by atoms with E-state index in [1.165, 1.54) is 4.90 Å². The molecular weight excluding hydrogens is 510 g/mol. The van der Waals surface area contributed by atoms with Crippen LogP contribution in [0.5, 0.6) is 0 Å². The lowest BCUT2D eigenvalue weighted by Crippen LogP contribution is -2.64. The zero-order chi connectivity index (χ0) is 28.2. The standard InChI is InChI=1S/C31H35N3O6/c1-20-6-8-21(9-7-20)18-33-26-16-28(39-3)27(38-2)15-25(26)30(36)34(31(33)37)19-22-10-12-23(13-11-22)29(35)32-17-24-5-4-14-40-24/h4-14,25-28H,15-19H2,1-3H3,(H,32,35). The Morgan fingerprint density at radius 1 is 0.925 bits per heavy atom. The first-order chi connectivity index (χ1) is 19.4. The Morgan fingerprint density at radius 3 is 2.23 bits per heavy atom. The van der Waals surface area contributed by atoms with Crippen molar-refractivity contribution < 1.29 is 28.3 Å². The van der Waals surface area contributed by atoms with E-state index in [2.05, 4.69) is 5.32 Å². The Hall–Kier alpha value is -3.95. The molecule has 1 aliphatic carbocycles. The number of carbonyl (C=O) groups is 3. The minimum atomic E-state index is -0.397. The molecule has 1 saturated heterocycles. The highest BCUT2D eigenvalue weighted by Gasteiger charge is 2.51. The maximum Gasteiger partial charge on any atom is 0.327 e. The van der Waals surface area contributed by atoms with Crippen molar-refractivity contribution in [2.45, 2.75) is 57.6 Å². The fourth-order valence-corrected chi connectivity index (χ4v) is 5.66. The van der Waals surface area contributed by atoms with Gasteiger partial charge in [0.15, 0.2) is 0 Å². The molecule has 0 radical (unpaired) electrons. The highest BCUT2D eigenvalue weighted by molar-refractivity contribution is 5.99. The molecule has 5 rings (SSSR count). The van der Waals surface area contributed by atoms with E-state index in [9.17, 15) is 14.4 Å². The number of aryl methyl sites for hydroxylation is 1. The molecule has 4 unspecified atom stereocenters. The Labute approximate surface area is 234 Å². The van der Waals surface area contributed by atoms with Crippen LogP contribution in [0.15, 0.2) is 71.3 Å². The number of amides is 4. The number of urea groups is 1. The third kappa shape index (κ3) is 5.80. The van der Waals surface area contributed by atoms with Crippen LogP contribution < -0.4 is 5.32 Å². The smallest absolute Gasteiger partial charge is 0.327 e. The van der Waals surface area contributed by atoms with E-state index in [-0.39, 0.29) is 49.2 Å². The van der Waals surface area contributed by atoms with Crippen LogP contribution >= 0.6 is 0 Å². The van der Waals surface area contributed by atoms with Gasteiger partial charge in [-0.3, -0.25) is 14.5 Å². The number of imide groups is 1. The first-order valence-electron chi connectivity index (χ1n) is 13.5. The number of hydrogen-bond donors (Lipinski definition) is 1. The van der Waals surface area contributed by atoms with E-state index in [1.54, 1.807) is 56.9 Å². The van der Waals surface area contributed by atoms with E-state index < -0.39 is 5.92 Å². The molecule has 2 aliphatic rings. The van der Waals surface area contributed by atoms with Gasteiger partial charge in [-0.05, 0) is 55.2 Å². The van der Waals surface area contributed by atoms with Crippen LogP contribution in [0.2, 0.25) is 0 Å². The van der Waals surface area contributed by atoms with Gasteiger partial charge in [-0.1, -0.05) is 42.0 Å². The Kier molecular flexibility index (Phi) is 8.32. The second-order valence-electron chi connectivity index (χ2n) is 10.5. The summed E-state index contributed by atoms with van der Waals surface area (Å²) in [5.41, 5.74) is 3.38. The molecular formula is C31H35N3O6. The van der Waals surface area contributed by atoms with Gasteiger partial charge < -0.3 is 24.1 Å². The number of nitrogens with one attached hydrogen (secondary N) is 1. The average molecular weight is 546 g/mol. The largest absolute Gasteiger partial charge is 0.467 e. The maximum absolute atomic E-state index is 13.9. The number of ether oxygens (including phenoxy) is 2. The lowest BCUT2D eigenvalue weighted by atomic mass is 9.77. The van der Waals surface area contributed by atoms with Gasteiger partial charge in [0.1, 0.15) is 5.76 Å². The molecule has 1 saturated carbocycles. The molecule has 2 fully saturated rings. The number of benzene rings is 2. The molecule has 1 aliphatic heterocycles. The SMILES string of the molecule is COC1CC2C(=O)N(Cc3ccc(C(=O)NCc4ccco4)cc3)C(=O)N(Cc3ccc(C)cc3)C2CC1OC. The zero-order valence-corrected chi connectivity index (χ0v) is 23.0. The highest BCUT2D eigenvalue weighted by atomic mass is 16.5. The van der Waals surface area contributed by atoms with Crippen molar-refractivity contribution in [2.24, 2.45) is 5.92 Å². The van der Waals surface area contributed by atoms with Crippen LogP contribution in [0, 0.1) is 12.8 Å². The van der Waals surface area contributed by atoms with Crippen molar-refractivity contribution in [3.05, 3.63) is 94.9 Å². The van der Waals surface area contributed by atoms with Crippen LogP contribution in [0.3, 0.4) is 0 Å². The van der Waals surface area contributed by atoms with Crippen molar-refractivity contribution in [1.29, 1.82) is 0 Å². The lowest BCUT2D eigenvalue weighted by molar-refractivity contribution is -0.152. The normalized spacial score (nSPS) is 22.8. The van der Waals surface area contributed by atoms with Gasteiger partial charge in [-0.2, -0.15) is 0 Å². The van der Waals surface area contributed by atoms with E-state index in [0.29, 0.717) is 30.7 Å². The van der Waals surface area contributed by atoms with Gasteiger partial charge in [0.05, 0.1) is 37.5 Å². The molecule has 4 amide bonds. The van der Waals surface area contributed by atoms with Crippen molar-refractivity contribution in [3.63, 3.8) is 0 Å². The van der Waals surface area contributed by atoms with E-state index in [0.717, 1.165) is 16.7 Å². The Morgan fingerprint density at radius 2 is 1.57 bits per heavy atom. The Balaban J connectivity index is 1.34. The Bertz CT molecular complexity index is 1320. The van der Waals surface area contributed by atoms with Crippen LogP contribution in [0.1, 0.15) is 45.7 Å². The summed E-state index contributed by atoms with van der Waals surface area (Å²) in [4.78, 5) is 43.3. The number of hydrogen-bond acceptors (Lipinski definition) is 6. The first-order valence-corrected chi connectivity index (χ1v) is 13.5. The van der Waals surface area contributed by atoms with Gasteiger partial charge in [-0.15, -0.1) is 0 Å². The van der Waals surface area contributed by atoms with Crippen LogP contribution in [-0.2, 0) is 33.9 Å². The molecule has 9 heteroatoms. The molecule has 0 spiro atoms. The minimum Gasteiger partial charge on any atom is -0.467 e. The monoisotopic (exact) mass is 545 g/mol. The van der Waals surface area contributed by atoms with Crippen molar-refractivity contribution in [2.75, 3.05) is 14.2 Å². The predicted molar refractivity (Wildman–Crippen MR) is 147 cm³/mol. The molecule has 2 heterocycles. The van der Waals surface area contributed by atoms with E-state index in [4.69, 9.17) is 13.9 Å². The van der Waals surface area contributed by atoms with Gasteiger partial charge in [0, 0.05) is 32.4 Å². The molecule has 1 N–H and O–H groups in total. The molecule has 1 aromatic heterocycles. The summed E-state index contributed by atoms with van der Waals surface area (Å²) in [7, 11) is 3.27. The summed E-state index contributed by atoms with van der Waals surface area (Å²) < 4.78 is 16.6. The summed E-state index contributed by atoms with van der Waals surface area (Å²) in [6.45, 7) is 2.82. The molecule has 4 atom stereocenters. The highest BCUT2D eigenvalue weighted by Crippen LogP contribution is 2.38. The topological polar surface area (TPSA) is 101 Å². The number of methoxy groups -OCH3 is 2. The predicted octanol–water partition coefficient (Wildman–Crippen LogP) is 4.29. The third-order valence-corrected chi connectivity index (χ3v) is 7.94. The molecule has 3 aromatic rings. The summed E-state index contributed by atoms with van der Waals surface area (Å²) in [6, 6.07) is 18.0. The van der Waals surface area contributed by atoms with Gasteiger partial charge in [0.25, 0.3) is 5.91 Å². The fourth-order valence-electron chi connectivity index (χ4n) is 5.66. The molecule has 40 heavy (non-hydrogen) atoms. The summed E-state index contributed by atoms with van der Waals surface area (Å²) in [5, 5.41) is 2.82. The second kappa shape index (κ2) is 12.1. The number of nitrogens with zero attached hydrogens (tertiary/aromatic N) is 2. The van der Waals surface area contributed by atoms with Crippen LogP contribution in [-0.4, -0.2) is 60.1 Å². The van der Waals surface area contributed by atoms with Gasteiger partial charge in [0.2, 0.25) is 5.91 Å². The minimum absolute atomic E-state index is 0.116. The quantitative estimate of drug-likeness (QED) is 0.431. The van der Waals surface area contributed by atoms with Crippen molar-refractivity contribution >= 4 is 17.8 Å². The molecule has 9 nitrogen and oxygen atoms in total. The van der Waals surface area contributed by atoms with Crippen LogP contribution in [0.4, 0.5) is 4.79 Å². The van der Waals surface area contributed by atoms with E-state index >= 15 is 0 Å². The molecule has 0 bridgehead atoms.